The zero-order valence-electron chi connectivity index (χ0n) is 14.7. The summed E-state index contributed by atoms with van der Waals surface area (Å²) in [5.74, 6) is 0. The highest BCUT2D eigenvalue weighted by Gasteiger charge is 2.21. The SMILES string of the molecule is O=C(NS(=O)(=O)/C=C/c1ccccc1)N(c1ccccc1)c1ccc(Cl)cc1. The van der Waals surface area contributed by atoms with Gasteiger partial charge >= 0.3 is 6.03 Å². The number of carbonyl (C=O) groups excluding carboxylic acids is 1. The van der Waals surface area contributed by atoms with E-state index in [1.54, 1.807) is 78.9 Å². The third kappa shape index (κ3) is 5.22. The molecule has 0 bridgehead atoms. The van der Waals surface area contributed by atoms with Gasteiger partial charge in [0, 0.05) is 5.02 Å². The lowest BCUT2D eigenvalue weighted by Crippen LogP contribution is -2.39. The molecule has 0 aliphatic rings. The first kappa shape index (κ1) is 19.7. The number of nitrogens with one attached hydrogen (secondary N) is 1. The van der Waals surface area contributed by atoms with Crippen LogP contribution in [0.1, 0.15) is 5.56 Å². The van der Waals surface area contributed by atoms with Gasteiger partial charge in [0.1, 0.15) is 0 Å². The quantitative estimate of drug-likeness (QED) is 0.627. The Balaban J connectivity index is 1.87. The van der Waals surface area contributed by atoms with Gasteiger partial charge in [0.05, 0.1) is 16.8 Å². The third-order valence-corrected chi connectivity index (χ3v) is 4.98. The van der Waals surface area contributed by atoms with Crippen molar-refractivity contribution in [2.45, 2.75) is 0 Å². The van der Waals surface area contributed by atoms with Crippen LogP contribution in [0.15, 0.2) is 90.3 Å². The van der Waals surface area contributed by atoms with Crippen LogP contribution in [-0.2, 0) is 10.0 Å². The zero-order chi connectivity index (χ0) is 20.0. The summed E-state index contributed by atoms with van der Waals surface area (Å²) in [5, 5.41) is 1.47. The lowest BCUT2D eigenvalue weighted by molar-refractivity contribution is 0.253. The number of anilines is 2. The van der Waals surface area contributed by atoms with E-state index in [-0.39, 0.29) is 0 Å². The van der Waals surface area contributed by atoms with Crippen LogP contribution < -0.4 is 9.62 Å². The van der Waals surface area contributed by atoms with Crippen LogP contribution in [0.3, 0.4) is 0 Å². The first-order chi connectivity index (χ1) is 13.4. The molecule has 0 unspecified atom stereocenters. The van der Waals surface area contributed by atoms with E-state index < -0.39 is 16.1 Å². The molecule has 0 aromatic heterocycles. The molecule has 0 heterocycles. The topological polar surface area (TPSA) is 66.5 Å². The second kappa shape index (κ2) is 8.73. The van der Waals surface area contributed by atoms with Gasteiger partial charge in [-0.3, -0.25) is 4.90 Å². The zero-order valence-corrected chi connectivity index (χ0v) is 16.3. The van der Waals surface area contributed by atoms with Crippen LogP contribution in [-0.4, -0.2) is 14.4 Å². The van der Waals surface area contributed by atoms with Crippen molar-refractivity contribution in [1.29, 1.82) is 0 Å². The highest BCUT2D eigenvalue weighted by atomic mass is 35.5. The van der Waals surface area contributed by atoms with Crippen molar-refractivity contribution in [2.24, 2.45) is 0 Å². The molecule has 0 aliphatic carbocycles. The lowest BCUT2D eigenvalue weighted by Gasteiger charge is -2.23. The molecule has 3 aromatic carbocycles. The van der Waals surface area contributed by atoms with E-state index in [0.717, 1.165) is 5.41 Å². The highest BCUT2D eigenvalue weighted by molar-refractivity contribution is 7.93. The molecule has 5 nitrogen and oxygen atoms in total. The maximum atomic E-state index is 12.8. The summed E-state index contributed by atoms with van der Waals surface area (Å²) in [7, 11) is -4.00. The fraction of sp³-hybridized carbons (Fsp3) is 0. The van der Waals surface area contributed by atoms with Crippen molar-refractivity contribution in [2.75, 3.05) is 4.90 Å². The molecule has 0 fully saturated rings. The lowest BCUT2D eigenvalue weighted by atomic mass is 10.2. The average molecular weight is 413 g/mol. The number of hydrogen-bond acceptors (Lipinski definition) is 3. The van der Waals surface area contributed by atoms with Gasteiger partial charge in [-0.05, 0) is 48.0 Å². The molecule has 3 aromatic rings. The Morgan fingerprint density at radius 1 is 0.821 bits per heavy atom. The summed E-state index contributed by atoms with van der Waals surface area (Å²) in [6.07, 6.45) is 1.42. The van der Waals surface area contributed by atoms with E-state index in [0.29, 0.717) is 22.0 Å². The number of sulfonamides is 1. The minimum Gasteiger partial charge on any atom is -0.262 e. The predicted molar refractivity (Wildman–Crippen MR) is 113 cm³/mol. The first-order valence-corrected chi connectivity index (χ1v) is 10.3. The van der Waals surface area contributed by atoms with E-state index in [2.05, 4.69) is 4.72 Å². The molecule has 0 atom stereocenters. The number of carbonyl (C=O) groups is 1. The second-order valence-corrected chi connectivity index (χ2v) is 7.82. The number of para-hydroxylation sites is 1. The Morgan fingerprint density at radius 2 is 1.36 bits per heavy atom. The van der Waals surface area contributed by atoms with Gasteiger partial charge in [-0.15, -0.1) is 0 Å². The molecule has 142 valence electrons. The molecule has 0 saturated carbocycles. The molecule has 2 amide bonds. The number of benzene rings is 3. The largest absolute Gasteiger partial charge is 0.340 e. The van der Waals surface area contributed by atoms with E-state index in [1.807, 2.05) is 6.07 Å². The fourth-order valence-corrected chi connectivity index (χ4v) is 3.35. The number of amides is 2. The number of urea groups is 1. The van der Waals surface area contributed by atoms with Crippen LogP contribution in [0, 0.1) is 0 Å². The van der Waals surface area contributed by atoms with Crippen molar-refractivity contribution in [3.8, 4) is 0 Å². The number of hydrogen-bond donors (Lipinski definition) is 1. The second-order valence-electron chi connectivity index (χ2n) is 5.81. The van der Waals surface area contributed by atoms with Gasteiger partial charge in [-0.25, -0.2) is 17.9 Å². The van der Waals surface area contributed by atoms with Gasteiger partial charge in [-0.1, -0.05) is 60.1 Å². The van der Waals surface area contributed by atoms with Crippen LogP contribution in [0.5, 0.6) is 0 Å². The van der Waals surface area contributed by atoms with Gasteiger partial charge in [0.25, 0.3) is 10.0 Å². The number of rotatable bonds is 5. The average Bonchev–Trinajstić information content (AvgIpc) is 2.69. The van der Waals surface area contributed by atoms with E-state index in [9.17, 15) is 13.2 Å². The van der Waals surface area contributed by atoms with Crippen LogP contribution in [0.25, 0.3) is 6.08 Å². The van der Waals surface area contributed by atoms with Crippen LogP contribution in [0.2, 0.25) is 5.02 Å². The molecular weight excluding hydrogens is 396 g/mol. The molecule has 28 heavy (non-hydrogen) atoms. The first-order valence-electron chi connectivity index (χ1n) is 8.35. The van der Waals surface area contributed by atoms with Gasteiger partial charge in [0.2, 0.25) is 0 Å². The minimum absolute atomic E-state index is 0.482. The molecule has 1 N–H and O–H groups in total. The van der Waals surface area contributed by atoms with Gasteiger partial charge in [-0.2, -0.15) is 0 Å². The van der Waals surface area contributed by atoms with Crippen molar-refractivity contribution in [3.05, 3.63) is 101 Å². The summed E-state index contributed by atoms with van der Waals surface area (Å²) < 4.78 is 26.8. The Kier molecular flexibility index (Phi) is 6.13. The molecule has 3 rings (SSSR count). The molecule has 0 saturated heterocycles. The molecular formula is C21H17ClN2O3S. The standard InChI is InChI=1S/C21H17ClN2O3S/c22-18-11-13-20(14-12-18)24(19-9-5-2-6-10-19)21(25)23-28(26,27)16-15-17-7-3-1-4-8-17/h1-16H,(H,23,25)/b16-15+. The van der Waals surface area contributed by atoms with Crippen molar-refractivity contribution < 1.29 is 13.2 Å². The van der Waals surface area contributed by atoms with Crippen molar-refractivity contribution in [1.82, 2.24) is 4.72 Å². The van der Waals surface area contributed by atoms with Crippen LogP contribution >= 0.6 is 11.6 Å². The summed E-state index contributed by atoms with van der Waals surface area (Å²) in [6, 6.07) is 23.4. The Labute approximate surface area is 168 Å². The summed E-state index contributed by atoms with van der Waals surface area (Å²) in [4.78, 5) is 14.1. The van der Waals surface area contributed by atoms with Crippen molar-refractivity contribution in [3.63, 3.8) is 0 Å². The monoisotopic (exact) mass is 412 g/mol. The van der Waals surface area contributed by atoms with Crippen molar-refractivity contribution >= 4 is 45.1 Å². The Morgan fingerprint density at radius 3 is 1.96 bits per heavy atom. The highest BCUT2D eigenvalue weighted by Crippen LogP contribution is 2.26. The molecule has 0 spiro atoms. The number of nitrogens with zero attached hydrogens (tertiary/aromatic N) is 1. The molecule has 7 heteroatoms. The predicted octanol–water partition coefficient (Wildman–Crippen LogP) is 5.19. The Hall–Kier alpha value is -3.09. The normalized spacial score (nSPS) is 11.3. The third-order valence-electron chi connectivity index (χ3n) is 3.77. The maximum absolute atomic E-state index is 12.8. The fourth-order valence-electron chi connectivity index (χ4n) is 2.48. The van der Waals surface area contributed by atoms with Crippen LogP contribution in [0.4, 0.5) is 16.2 Å². The molecule has 0 radical (unpaired) electrons. The summed E-state index contributed by atoms with van der Waals surface area (Å²) in [6.45, 7) is 0. The van der Waals surface area contributed by atoms with E-state index in [1.165, 1.54) is 11.0 Å². The summed E-state index contributed by atoms with van der Waals surface area (Å²) in [5.41, 5.74) is 1.71. The van der Waals surface area contributed by atoms with E-state index >= 15 is 0 Å². The smallest absolute Gasteiger partial charge is 0.262 e. The Bertz CT molecular complexity index is 1070. The van der Waals surface area contributed by atoms with Gasteiger partial charge < -0.3 is 0 Å². The number of halogens is 1. The summed E-state index contributed by atoms with van der Waals surface area (Å²) >= 11 is 5.92. The minimum atomic E-state index is -4.00. The van der Waals surface area contributed by atoms with E-state index in [4.69, 9.17) is 11.6 Å². The van der Waals surface area contributed by atoms with Gasteiger partial charge in [0.15, 0.2) is 0 Å². The maximum Gasteiger partial charge on any atom is 0.340 e. The molecule has 0 aliphatic heterocycles.